The minimum Gasteiger partial charge on any atom is -0.273 e. The van der Waals surface area contributed by atoms with Gasteiger partial charge < -0.3 is 0 Å². The summed E-state index contributed by atoms with van der Waals surface area (Å²) < 4.78 is 0. The quantitative estimate of drug-likeness (QED) is 0.500. The van der Waals surface area contributed by atoms with Crippen LogP contribution in [-0.4, -0.2) is 16.6 Å². The van der Waals surface area contributed by atoms with Gasteiger partial charge in [-0.25, -0.2) is 0 Å². The van der Waals surface area contributed by atoms with E-state index in [-0.39, 0.29) is 23.1 Å². The van der Waals surface area contributed by atoms with Gasteiger partial charge in [0.1, 0.15) is 4.83 Å². The largest absolute Gasteiger partial charge is 0.273 e. The topological polar surface area (TPSA) is 58.2 Å². The lowest BCUT2D eigenvalue weighted by molar-refractivity contribution is -0.133. The Morgan fingerprint density at radius 2 is 2.11 bits per heavy atom. The minimum atomic E-state index is -0.369. The summed E-state index contributed by atoms with van der Waals surface area (Å²) in [5.74, 6) is -0.369. The van der Waals surface area contributed by atoms with Crippen LogP contribution in [0.3, 0.4) is 0 Å². The molecule has 2 amide bonds. The molecule has 1 heterocycles. The zero-order valence-corrected chi connectivity index (χ0v) is 6.06. The van der Waals surface area contributed by atoms with E-state index in [2.05, 4.69) is 26.8 Å². The van der Waals surface area contributed by atoms with Crippen molar-refractivity contribution in [2.24, 2.45) is 0 Å². The van der Waals surface area contributed by atoms with Crippen molar-refractivity contribution in [1.82, 2.24) is 10.9 Å². The van der Waals surface area contributed by atoms with Crippen LogP contribution in [0.15, 0.2) is 0 Å². The summed E-state index contributed by atoms with van der Waals surface area (Å²) in [4.78, 5) is 20.7. The van der Waals surface area contributed by atoms with Crippen LogP contribution >= 0.6 is 15.9 Å². The van der Waals surface area contributed by atoms with Gasteiger partial charge in [-0.05, 0) is 0 Å². The number of carbonyl (C=O) groups excluding carboxylic acids is 2. The zero-order chi connectivity index (χ0) is 6.85. The van der Waals surface area contributed by atoms with Crippen molar-refractivity contribution in [2.75, 3.05) is 0 Å². The SMILES string of the molecule is O=C1CC(Br)C(=O)NN1. The number of amides is 2. The van der Waals surface area contributed by atoms with Gasteiger partial charge in [-0.2, -0.15) is 0 Å². The first-order chi connectivity index (χ1) is 4.20. The van der Waals surface area contributed by atoms with Crippen molar-refractivity contribution in [3.8, 4) is 0 Å². The predicted octanol–water partition coefficient (Wildman–Crippen LogP) is -0.699. The molecule has 2 N–H and O–H groups in total. The molecule has 0 radical (unpaired) electrons. The summed E-state index contributed by atoms with van der Waals surface area (Å²) in [7, 11) is 0. The van der Waals surface area contributed by atoms with E-state index in [1.54, 1.807) is 0 Å². The molecule has 0 bridgehead atoms. The third-order valence-corrected chi connectivity index (χ3v) is 1.71. The van der Waals surface area contributed by atoms with Crippen LogP contribution in [0.5, 0.6) is 0 Å². The lowest BCUT2D eigenvalue weighted by Crippen LogP contribution is -2.51. The molecule has 4 nitrogen and oxygen atoms in total. The summed E-state index contributed by atoms with van der Waals surface area (Å²) in [6.07, 6.45) is 0.214. The Bertz CT molecular complexity index is 159. The van der Waals surface area contributed by atoms with Crippen molar-refractivity contribution >= 4 is 27.7 Å². The average Bonchev–Trinajstić information content (AvgIpc) is 1.80. The van der Waals surface area contributed by atoms with Crippen molar-refractivity contribution in [3.05, 3.63) is 0 Å². The fourth-order valence-corrected chi connectivity index (χ4v) is 0.925. The lowest BCUT2D eigenvalue weighted by atomic mass is 10.2. The van der Waals surface area contributed by atoms with Gasteiger partial charge in [-0.15, -0.1) is 0 Å². The Morgan fingerprint density at radius 1 is 1.44 bits per heavy atom. The molecule has 0 saturated carbocycles. The number of carbonyl (C=O) groups is 2. The Balaban J connectivity index is 2.54. The number of alkyl halides is 1. The molecule has 0 aromatic heterocycles. The number of halogens is 1. The van der Waals surface area contributed by atoms with Gasteiger partial charge in [0.05, 0.1) is 0 Å². The van der Waals surface area contributed by atoms with E-state index in [0.717, 1.165) is 0 Å². The Labute approximate surface area is 60.1 Å². The van der Waals surface area contributed by atoms with Crippen molar-refractivity contribution in [1.29, 1.82) is 0 Å². The maximum Gasteiger partial charge on any atom is 0.252 e. The normalized spacial score (nSPS) is 27.0. The number of hydrogen-bond acceptors (Lipinski definition) is 2. The van der Waals surface area contributed by atoms with Gasteiger partial charge >= 0.3 is 0 Å². The maximum absolute atomic E-state index is 10.6. The molecule has 9 heavy (non-hydrogen) atoms. The first-order valence-electron chi connectivity index (χ1n) is 2.43. The van der Waals surface area contributed by atoms with Gasteiger partial charge in [-0.3, -0.25) is 20.4 Å². The summed E-state index contributed by atoms with van der Waals surface area (Å²) in [5, 5.41) is 0. The highest BCUT2D eigenvalue weighted by atomic mass is 79.9. The second-order valence-corrected chi connectivity index (χ2v) is 2.81. The monoisotopic (exact) mass is 192 g/mol. The molecule has 1 aliphatic heterocycles. The first-order valence-corrected chi connectivity index (χ1v) is 3.34. The van der Waals surface area contributed by atoms with E-state index in [1.165, 1.54) is 0 Å². The maximum atomic E-state index is 10.6. The van der Waals surface area contributed by atoms with Crippen LogP contribution in [0.25, 0.3) is 0 Å². The Kier molecular flexibility index (Phi) is 1.70. The van der Waals surface area contributed by atoms with Crippen LogP contribution in [-0.2, 0) is 9.59 Å². The molecule has 1 atom stereocenters. The van der Waals surface area contributed by atoms with E-state index in [0.29, 0.717) is 0 Å². The van der Waals surface area contributed by atoms with E-state index >= 15 is 0 Å². The second kappa shape index (κ2) is 2.34. The molecule has 0 aromatic carbocycles. The lowest BCUT2D eigenvalue weighted by Gasteiger charge is -2.16. The molecular weight excluding hydrogens is 188 g/mol. The first kappa shape index (κ1) is 6.54. The van der Waals surface area contributed by atoms with Crippen LogP contribution in [0.1, 0.15) is 6.42 Å². The van der Waals surface area contributed by atoms with Gasteiger partial charge in [0.2, 0.25) is 5.91 Å². The van der Waals surface area contributed by atoms with Crippen molar-refractivity contribution in [2.45, 2.75) is 11.2 Å². The third-order valence-electron chi connectivity index (χ3n) is 0.974. The third kappa shape index (κ3) is 1.41. The van der Waals surface area contributed by atoms with E-state index < -0.39 is 0 Å². The molecular formula is C4H5BrN2O2. The fraction of sp³-hybridized carbons (Fsp3) is 0.500. The molecule has 0 aliphatic carbocycles. The second-order valence-electron chi connectivity index (χ2n) is 1.71. The van der Waals surface area contributed by atoms with Crippen LogP contribution < -0.4 is 10.9 Å². The minimum absolute atomic E-state index is 0.170. The number of rotatable bonds is 0. The highest BCUT2D eigenvalue weighted by Crippen LogP contribution is 2.06. The number of hydrazine groups is 1. The summed E-state index contributed by atoms with van der Waals surface area (Å²) in [5.41, 5.74) is 4.39. The smallest absolute Gasteiger partial charge is 0.252 e. The fourth-order valence-electron chi connectivity index (χ4n) is 0.516. The van der Waals surface area contributed by atoms with E-state index in [4.69, 9.17) is 0 Å². The Hall–Kier alpha value is -0.580. The highest BCUT2D eigenvalue weighted by Gasteiger charge is 2.23. The Morgan fingerprint density at radius 3 is 2.56 bits per heavy atom. The van der Waals surface area contributed by atoms with Crippen molar-refractivity contribution < 1.29 is 9.59 Å². The zero-order valence-electron chi connectivity index (χ0n) is 4.48. The summed E-state index contributed by atoms with van der Waals surface area (Å²) in [6, 6.07) is 0. The molecule has 1 saturated heterocycles. The molecule has 1 unspecified atom stereocenters. The van der Waals surface area contributed by atoms with Crippen LogP contribution in [0.4, 0.5) is 0 Å². The van der Waals surface area contributed by atoms with Gasteiger partial charge in [0.15, 0.2) is 0 Å². The molecule has 1 fully saturated rings. The van der Waals surface area contributed by atoms with Crippen molar-refractivity contribution in [3.63, 3.8) is 0 Å². The van der Waals surface area contributed by atoms with Gasteiger partial charge in [0.25, 0.3) is 5.91 Å². The molecule has 5 heteroatoms. The highest BCUT2D eigenvalue weighted by molar-refractivity contribution is 9.10. The average molecular weight is 193 g/mol. The summed E-state index contributed by atoms with van der Waals surface area (Å²) in [6.45, 7) is 0. The molecule has 0 aromatic rings. The van der Waals surface area contributed by atoms with E-state index in [9.17, 15) is 9.59 Å². The molecule has 50 valence electrons. The molecule has 1 rings (SSSR count). The van der Waals surface area contributed by atoms with Crippen LogP contribution in [0, 0.1) is 0 Å². The van der Waals surface area contributed by atoms with Gasteiger partial charge in [0, 0.05) is 6.42 Å². The number of nitrogens with one attached hydrogen (secondary N) is 2. The summed E-state index contributed by atoms with van der Waals surface area (Å²) >= 11 is 3.02. The van der Waals surface area contributed by atoms with Crippen LogP contribution in [0.2, 0.25) is 0 Å². The van der Waals surface area contributed by atoms with E-state index in [1.807, 2.05) is 0 Å². The molecule has 0 spiro atoms. The standard InChI is InChI=1S/C4H5BrN2O2/c5-2-1-3(8)6-7-4(2)9/h2H,1H2,(H,6,8)(H,7,9). The molecule has 1 aliphatic rings. The van der Waals surface area contributed by atoms with Gasteiger partial charge in [-0.1, -0.05) is 15.9 Å². The number of hydrogen-bond donors (Lipinski definition) is 2. The predicted molar refractivity (Wildman–Crippen MR) is 33.6 cm³/mol.